The molecule has 1 unspecified atom stereocenters. The Morgan fingerprint density at radius 2 is 2.45 bits per heavy atom. The summed E-state index contributed by atoms with van der Waals surface area (Å²) < 4.78 is 1.61. The molecule has 0 aliphatic carbocycles. The van der Waals surface area contributed by atoms with Gasteiger partial charge in [0.05, 0.1) is 5.69 Å². The van der Waals surface area contributed by atoms with E-state index in [1.54, 1.807) is 16.7 Å². The highest BCUT2D eigenvalue weighted by Crippen LogP contribution is 2.17. The van der Waals surface area contributed by atoms with Gasteiger partial charge in [-0.05, 0) is 38.9 Å². The van der Waals surface area contributed by atoms with E-state index in [1.807, 2.05) is 12.4 Å². The summed E-state index contributed by atoms with van der Waals surface area (Å²) in [5, 5.41) is 5.16. The quantitative estimate of drug-likeness (QED) is 0.919. The fourth-order valence-corrected chi connectivity index (χ4v) is 3.69. The Balaban J connectivity index is 1.73. The Labute approximate surface area is 122 Å². The van der Waals surface area contributed by atoms with Gasteiger partial charge < -0.3 is 5.32 Å². The van der Waals surface area contributed by atoms with Crippen LogP contribution in [-0.4, -0.2) is 41.0 Å². The molecule has 0 bridgehead atoms. The number of hydrogen-bond donors (Lipinski definition) is 1. The van der Waals surface area contributed by atoms with Crippen molar-refractivity contribution >= 4 is 16.3 Å². The summed E-state index contributed by atoms with van der Waals surface area (Å²) in [5.41, 5.74) is 0.914. The van der Waals surface area contributed by atoms with E-state index >= 15 is 0 Å². The van der Waals surface area contributed by atoms with E-state index in [2.05, 4.69) is 15.2 Å². The van der Waals surface area contributed by atoms with Crippen LogP contribution in [0.5, 0.6) is 0 Å². The van der Waals surface area contributed by atoms with Crippen LogP contribution in [-0.2, 0) is 6.54 Å². The first-order valence-corrected chi connectivity index (χ1v) is 7.97. The molecule has 5 nitrogen and oxygen atoms in total. The Kier molecular flexibility index (Phi) is 4.14. The molecule has 6 heteroatoms. The summed E-state index contributed by atoms with van der Waals surface area (Å²) in [6.45, 7) is 4.04. The third kappa shape index (κ3) is 2.92. The molecule has 0 radical (unpaired) electrons. The van der Waals surface area contributed by atoms with E-state index in [4.69, 9.17) is 0 Å². The predicted octanol–water partition coefficient (Wildman–Crippen LogP) is 1.19. The Hall–Kier alpha value is -1.24. The van der Waals surface area contributed by atoms with E-state index in [1.165, 1.54) is 24.2 Å². The molecule has 20 heavy (non-hydrogen) atoms. The number of hydrogen-bond acceptors (Lipinski definition) is 5. The molecule has 0 spiro atoms. The second kappa shape index (κ2) is 6.03. The highest BCUT2D eigenvalue weighted by Gasteiger charge is 2.20. The van der Waals surface area contributed by atoms with Crippen LogP contribution in [0.15, 0.2) is 22.4 Å². The minimum Gasteiger partial charge on any atom is -0.319 e. The topological polar surface area (TPSA) is 49.6 Å². The highest BCUT2D eigenvalue weighted by atomic mass is 32.1. The van der Waals surface area contributed by atoms with Gasteiger partial charge in [-0.15, -0.1) is 11.3 Å². The van der Waals surface area contributed by atoms with E-state index in [9.17, 15) is 4.79 Å². The highest BCUT2D eigenvalue weighted by molar-refractivity contribution is 7.15. The number of nitrogens with one attached hydrogen (secondary N) is 1. The summed E-state index contributed by atoms with van der Waals surface area (Å²) in [6.07, 6.45) is 4.30. The second-order valence-electron chi connectivity index (χ2n) is 5.44. The molecule has 1 aliphatic heterocycles. The van der Waals surface area contributed by atoms with Gasteiger partial charge in [-0.25, -0.2) is 4.98 Å². The maximum absolute atomic E-state index is 12.0. The standard InChI is InChI=1S/C14H20N4OS/c1-15-8-11-3-2-4-17(9-11)10-12-7-13(19)18-5-6-20-14(18)16-12/h5-7,11,15H,2-4,8-10H2,1H3. The average molecular weight is 292 g/mol. The Bertz CT molecular complexity index is 633. The molecule has 2 aromatic rings. The van der Waals surface area contributed by atoms with Crippen molar-refractivity contribution in [3.05, 3.63) is 33.7 Å². The van der Waals surface area contributed by atoms with Gasteiger partial charge in [0.15, 0.2) is 4.96 Å². The first-order chi connectivity index (χ1) is 9.76. The third-order valence-corrected chi connectivity index (χ3v) is 4.59. The largest absolute Gasteiger partial charge is 0.319 e. The average Bonchev–Trinajstić information content (AvgIpc) is 2.88. The fourth-order valence-electron chi connectivity index (χ4n) is 2.95. The minimum atomic E-state index is 0.0232. The lowest BCUT2D eigenvalue weighted by molar-refractivity contribution is 0.165. The number of fused-ring (bicyclic) bond motifs is 1. The van der Waals surface area contributed by atoms with Gasteiger partial charge >= 0.3 is 0 Å². The molecule has 0 amide bonds. The Morgan fingerprint density at radius 1 is 1.55 bits per heavy atom. The van der Waals surface area contributed by atoms with Gasteiger partial charge in [-0.1, -0.05) is 0 Å². The summed E-state index contributed by atoms with van der Waals surface area (Å²) in [6, 6.07) is 1.67. The fraction of sp³-hybridized carbons (Fsp3) is 0.571. The van der Waals surface area contributed by atoms with Crippen molar-refractivity contribution in [2.45, 2.75) is 19.4 Å². The normalized spacial score (nSPS) is 20.6. The molecule has 0 saturated carbocycles. The lowest BCUT2D eigenvalue weighted by atomic mass is 9.98. The van der Waals surface area contributed by atoms with Gasteiger partial charge in [-0.3, -0.25) is 14.1 Å². The van der Waals surface area contributed by atoms with Gasteiger partial charge in [-0.2, -0.15) is 0 Å². The van der Waals surface area contributed by atoms with Crippen molar-refractivity contribution < 1.29 is 0 Å². The van der Waals surface area contributed by atoms with Crippen molar-refractivity contribution in [3.8, 4) is 0 Å². The van der Waals surface area contributed by atoms with Gasteiger partial charge in [0.25, 0.3) is 5.56 Å². The van der Waals surface area contributed by atoms with E-state index in [0.29, 0.717) is 5.92 Å². The van der Waals surface area contributed by atoms with Crippen LogP contribution in [0.2, 0.25) is 0 Å². The zero-order valence-corrected chi connectivity index (χ0v) is 12.5. The monoisotopic (exact) mass is 292 g/mol. The van der Waals surface area contributed by atoms with Crippen molar-refractivity contribution in [2.24, 2.45) is 5.92 Å². The number of piperidine rings is 1. The number of thiazole rings is 1. The smallest absolute Gasteiger partial charge is 0.258 e. The zero-order valence-electron chi connectivity index (χ0n) is 11.7. The van der Waals surface area contributed by atoms with E-state index < -0.39 is 0 Å². The van der Waals surface area contributed by atoms with Crippen LogP contribution >= 0.6 is 11.3 Å². The van der Waals surface area contributed by atoms with Crippen LogP contribution in [0.1, 0.15) is 18.5 Å². The third-order valence-electron chi connectivity index (χ3n) is 3.84. The molecule has 2 aromatic heterocycles. The molecular formula is C14H20N4OS. The number of likely N-dealkylation sites (tertiary alicyclic amines) is 1. The molecule has 108 valence electrons. The van der Waals surface area contributed by atoms with E-state index in [-0.39, 0.29) is 5.56 Å². The molecule has 0 aromatic carbocycles. The number of rotatable bonds is 4. The second-order valence-corrected chi connectivity index (χ2v) is 6.32. The van der Waals surface area contributed by atoms with E-state index in [0.717, 1.165) is 36.8 Å². The van der Waals surface area contributed by atoms with Crippen LogP contribution in [0.3, 0.4) is 0 Å². The number of nitrogens with zero attached hydrogens (tertiary/aromatic N) is 3. The summed E-state index contributed by atoms with van der Waals surface area (Å²) in [5.74, 6) is 0.709. The lowest BCUT2D eigenvalue weighted by Crippen LogP contribution is -2.38. The molecule has 3 heterocycles. The van der Waals surface area contributed by atoms with Crippen molar-refractivity contribution in [2.75, 3.05) is 26.7 Å². The molecule has 1 atom stereocenters. The Morgan fingerprint density at radius 3 is 3.30 bits per heavy atom. The molecule has 1 N–H and O–H groups in total. The van der Waals surface area contributed by atoms with Gasteiger partial charge in [0.2, 0.25) is 0 Å². The maximum Gasteiger partial charge on any atom is 0.258 e. The molecule has 1 fully saturated rings. The summed E-state index contributed by atoms with van der Waals surface area (Å²) in [4.78, 5) is 19.8. The predicted molar refractivity (Wildman–Crippen MR) is 81.3 cm³/mol. The van der Waals surface area contributed by atoms with Crippen LogP contribution in [0, 0.1) is 5.92 Å². The molecule has 1 saturated heterocycles. The maximum atomic E-state index is 12.0. The first-order valence-electron chi connectivity index (χ1n) is 7.09. The van der Waals surface area contributed by atoms with Gasteiger partial charge in [0.1, 0.15) is 0 Å². The summed E-state index contributed by atoms with van der Waals surface area (Å²) >= 11 is 1.51. The van der Waals surface area contributed by atoms with Crippen molar-refractivity contribution in [1.82, 2.24) is 19.6 Å². The SMILES string of the molecule is CNCC1CCCN(Cc2cc(=O)n3ccsc3n2)C1. The zero-order chi connectivity index (χ0) is 13.9. The summed E-state index contributed by atoms with van der Waals surface area (Å²) in [7, 11) is 2.01. The lowest BCUT2D eigenvalue weighted by Gasteiger charge is -2.32. The first kappa shape index (κ1) is 13.7. The van der Waals surface area contributed by atoms with Crippen LogP contribution in [0.4, 0.5) is 0 Å². The van der Waals surface area contributed by atoms with Gasteiger partial charge in [0, 0.05) is 30.7 Å². The number of aromatic nitrogens is 2. The van der Waals surface area contributed by atoms with Crippen molar-refractivity contribution in [1.29, 1.82) is 0 Å². The molecular weight excluding hydrogens is 272 g/mol. The molecule has 1 aliphatic rings. The minimum absolute atomic E-state index is 0.0232. The van der Waals surface area contributed by atoms with Crippen molar-refractivity contribution in [3.63, 3.8) is 0 Å². The van der Waals surface area contributed by atoms with Crippen LogP contribution < -0.4 is 10.9 Å². The van der Waals surface area contributed by atoms with Crippen LogP contribution in [0.25, 0.3) is 4.96 Å². The molecule has 3 rings (SSSR count).